The van der Waals surface area contributed by atoms with Crippen molar-refractivity contribution in [2.75, 3.05) is 6.54 Å². The molecule has 1 amide bonds. The van der Waals surface area contributed by atoms with E-state index in [1.807, 2.05) is 62.4 Å². The first-order valence-electron chi connectivity index (χ1n) is 7.13. The summed E-state index contributed by atoms with van der Waals surface area (Å²) >= 11 is 0. The maximum Gasteiger partial charge on any atom is 0.244 e. The topological polar surface area (TPSA) is 59.2 Å². The van der Waals surface area contributed by atoms with Crippen molar-refractivity contribution in [3.63, 3.8) is 0 Å². The van der Waals surface area contributed by atoms with Crippen molar-refractivity contribution in [1.29, 1.82) is 0 Å². The minimum atomic E-state index is -0.629. The molecule has 0 saturated carbocycles. The van der Waals surface area contributed by atoms with Crippen LogP contribution in [-0.2, 0) is 11.3 Å². The first-order chi connectivity index (χ1) is 10.1. The first-order valence-corrected chi connectivity index (χ1v) is 7.13. The maximum absolute atomic E-state index is 12.5. The molecular weight excluding hydrogens is 262 g/mol. The highest BCUT2D eigenvalue weighted by Crippen LogP contribution is 2.14. The van der Waals surface area contributed by atoms with Gasteiger partial charge in [-0.3, -0.25) is 9.78 Å². The molecule has 1 aromatic heterocycles. The Balaban J connectivity index is 2.12. The van der Waals surface area contributed by atoms with E-state index in [4.69, 9.17) is 5.73 Å². The summed E-state index contributed by atoms with van der Waals surface area (Å²) in [6.07, 6.45) is 0. The Morgan fingerprint density at radius 3 is 2.52 bits per heavy atom. The molecule has 0 unspecified atom stereocenters. The van der Waals surface area contributed by atoms with E-state index in [2.05, 4.69) is 4.98 Å². The van der Waals surface area contributed by atoms with E-state index in [0.717, 1.165) is 17.0 Å². The number of carbonyl (C=O) groups is 1. The van der Waals surface area contributed by atoms with Gasteiger partial charge >= 0.3 is 0 Å². The Morgan fingerprint density at radius 1 is 1.19 bits per heavy atom. The summed E-state index contributed by atoms with van der Waals surface area (Å²) in [4.78, 5) is 18.7. The number of nitrogens with two attached hydrogens (primary N) is 1. The average Bonchev–Trinajstić information content (AvgIpc) is 2.52. The van der Waals surface area contributed by atoms with Crippen molar-refractivity contribution in [3.05, 3.63) is 65.5 Å². The van der Waals surface area contributed by atoms with Gasteiger partial charge in [0.25, 0.3) is 0 Å². The van der Waals surface area contributed by atoms with Gasteiger partial charge in [0.1, 0.15) is 6.04 Å². The summed E-state index contributed by atoms with van der Waals surface area (Å²) < 4.78 is 0. The van der Waals surface area contributed by atoms with Crippen LogP contribution in [0, 0.1) is 6.92 Å². The summed E-state index contributed by atoms with van der Waals surface area (Å²) in [5, 5.41) is 0. The number of amides is 1. The van der Waals surface area contributed by atoms with Crippen LogP contribution in [0.1, 0.15) is 29.9 Å². The van der Waals surface area contributed by atoms with Gasteiger partial charge < -0.3 is 10.6 Å². The third-order valence-corrected chi connectivity index (χ3v) is 3.42. The number of carbonyl (C=O) groups excluding carboxylic acids is 1. The largest absolute Gasteiger partial charge is 0.335 e. The normalized spacial score (nSPS) is 12.0. The fourth-order valence-electron chi connectivity index (χ4n) is 2.23. The maximum atomic E-state index is 12.5. The van der Waals surface area contributed by atoms with Gasteiger partial charge in [0.05, 0.1) is 12.2 Å². The van der Waals surface area contributed by atoms with Crippen LogP contribution < -0.4 is 5.73 Å². The van der Waals surface area contributed by atoms with E-state index in [0.29, 0.717) is 13.1 Å². The molecule has 0 radical (unpaired) electrons. The lowest BCUT2D eigenvalue weighted by Crippen LogP contribution is -2.38. The van der Waals surface area contributed by atoms with E-state index in [1.54, 1.807) is 4.90 Å². The highest BCUT2D eigenvalue weighted by atomic mass is 16.2. The minimum Gasteiger partial charge on any atom is -0.335 e. The monoisotopic (exact) mass is 283 g/mol. The van der Waals surface area contributed by atoms with E-state index in [-0.39, 0.29) is 5.91 Å². The fraction of sp³-hybridized carbons (Fsp3) is 0.294. The lowest BCUT2D eigenvalue weighted by atomic mass is 10.1. The van der Waals surface area contributed by atoms with Crippen LogP contribution in [-0.4, -0.2) is 22.3 Å². The summed E-state index contributed by atoms with van der Waals surface area (Å²) in [7, 11) is 0. The molecule has 2 rings (SSSR count). The molecule has 110 valence electrons. The zero-order chi connectivity index (χ0) is 15.2. The molecule has 4 heteroatoms. The van der Waals surface area contributed by atoms with Crippen molar-refractivity contribution >= 4 is 5.91 Å². The van der Waals surface area contributed by atoms with Gasteiger partial charge in [0.15, 0.2) is 0 Å². The number of nitrogens with zero attached hydrogens (tertiary/aromatic N) is 2. The molecular formula is C17H21N3O. The van der Waals surface area contributed by atoms with Crippen molar-refractivity contribution < 1.29 is 4.79 Å². The molecule has 4 nitrogen and oxygen atoms in total. The molecule has 0 fully saturated rings. The van der Waals surface area contributed by atoms with Crippen molar-refractivity contribution in [2.24, 2.45) is 5.73 Å². The first kappa shape index (κ1) is 15.2. The van der Waals surface area contributed by atoms with Crippen molar-refractivity contribution in [2.45, 2.75) is 26.4 Å². The number of hydrogen-bond donors (Lipinski definition) is 1. The van der Waals surface area contributed by atoms with Crippen LogP contribution in [0.4, 0.5) is 0 Å². The smallest absolute Gasteiger partial charge is 0.244 e. The molecule has 1 heterocycles. The number of aromatic nitrogens is 1. The van der Waals surface area contributed by atoms with Crippen LogP contribution in [0.3, 0.4) is 0 Å². The van der Waals surface area contributed by atoms with Gasteiger partial charge in [-0.1, -0.05) is 36.4 Å². The predicted octanol–water partition coefficient (Wildman–Crippen LogP) is 2.44. The highest BCUT2D eigenvalue weighted by molar-refractivity contribution is 5.83. The van der Waals surface area contributed by atoms with Gasteiger partial charge in [-0.2, -0.15) is 0 Å². The van der Waals surface area contributed by atoms with Gasteiger partial charge in [0.2, 0.25) is 5.91 Å². The van der Waals surface area contributed by atoms with E-state index >= 15 is 0 Å². The second-order valence-electron chi connectivity index (χ2n) is 5.01. The Hall–Kier alpha value is -2.20. The summed E-state index contributed by atoms with van der Waals surface area (Å²) in [5.41, 5.74) is 8.75. The molecule has 0 aliphatic carbocycles. The number of hydrogen-bond acceptors (Lipinski definition) is 3. The molecule has 0 spiro atoms. The van der Waals surface area contributed by atoms with Crippen molar-refractivity contribution in [3.8, 4) is 0 Å². The van der Waals surface area contributed by atoms with Gasteiger partial charge in [-0.15, -0.1) is 0 Å². The number of aryl methyl sites for hydroxylation is 1. The third kappa shape index (κ3) is 3.89. The van der Waals surface area contributed by atoms with Gasteiger partial charge in [0, 0.05) is 12.2 Å². The van der Waals surface area contributed by atoms with E-state index in [1.165, 1.54) is 0 Å². The highest BCUT2D eigenvalue weighted by Gasteiger charge is 2.21. The number of pyridine rings is 1. The lowest BCUT2D eigenvalue weighted by Gasteiger charge is -2.24. The Kier molecular flexibility index (Phi) is 5.06. The van der Waals surface area contributed by atoms with E-state index in [9.17, 15) is 4.79 Å². The van der Waals surface area contributed by atoms with Gasteiger partial charge in [-0.25, -0.2) is 0 Å². The second-order valence-corrected chi connectivity index (χ2v) is 5.01. The average molecular weight is 283 g/mol. The zero-order valence-corrected chi connectivity index (χ0v) is 12.5. The van der Waals surface area contributed by atoms with Crippen LogP contribution in [0.5, 0.6) is 0 Å². The van der Waals surface area contributed by atoms with Crippen LogP contribution in [0.15, 0.2) is 48.5 Å². The number of rotatable bonds is 5. The number of likely N-dealkylation sites (N-methyl/N-ethyl adjacent to an activating group) is 1. The summed E-state index contributed by atoms with van der Waals surface area (Å²) in [6, 6.07) is 14.6. The Labute approximate surface area is 125 Å². The molecule has 21 heavy (non-hydrogen) atoms. The molecule has 2 N–H and O–H groups in total. The lowest BCUT2D eigenvalue weighted by molar-refractivity contribution is -0.133. The SMILES string of the molecule is CCN(Cc1cccc(C)n1)C(=O)[C@@H](N)c1ccccc1. The molecule has 0 saturated heterocycles. The van der Waals surface area contributed by atoms with Crippen molar-refractivity contribution in [1.82, 2.24) is 9.88 Å². The molecule has 2 aromatic rings. The van der Waals surface area contributed by atoms with Crippen LogP contribution in [0.25, 0.3) is 0 Å². The minimum absolute atomic E-state index is 0.0768. The number of benzene rings is 1. The predicted molar refractivity (Wildman–Crippen MR) is 83.4 cm³/mol. The zero-order valence-electron chi connectivity index (χ0n) is 12.5. The Morgan fingerprint density at radius 2 is 1.90 bits per heavy atom. The quantitative estimate of drug-likeness (QED) is 0.917. The molecule has 0 aliphatic heterocycles. The van der Waals surface area contributed by atoms with Gasteiger partial charge in [-0.05, 0) is 31.5 Å². The standard InChI is InChI=1S/C17H21N3O/c1-3-20(12-15-11-7-8-13(2)19-15)17(21)16(18)14-9-5-4-6-10-14/h4-11,16H,3,12,18H2,1-2H3/t16-/m0/s1. The van der Waals surface area contributed by atoms with Crippen LogP contribution in [0.2, 0.25) is 0 Å². The fourth-order valence-corrected chi connectivity index (χ4v) is 2.23. The molecule has 1 aromatic carbocycles. The molecule has 1 atom stereocenters. The molecule has 0 bridgehead atoms. The second kappa shape index (κ2) is 6.99. The summed E-state index contributed by atoms with van der Waals surface area (Å²) in [5.74, 6) is -0.0768. The third-order valence-electron chi connectivity index (χ3n) is 3.42. The summed E-state index contributed by atoms with van der Waals surface area (Å²) in [6.45, 7) is 4.98. The van der Waals surface area contributed by atoms with E-state index < -0.39 is 6.04 Å². The Bertz CT molecular complexity index is 598. The molecule has 0 aliphatic rings. The van der Waals surface area contributed by atoms with Crippen LogP contribution >= 0.6 is 0 Å².